The lowest BCUT2D eigenvalue weighted by atomic mass is 10.1. The summed E-state index contributed by atoms with van der Waals surface area (Å²) in [7, 11) is 0. The lowest BCUT2D eigenvalue weighted by Crippen LogP contribution is -2.20. The maximum atomic E-state index is 12.3. The Kier molecular flexibility index (Phi) is 5.26. The van der Waals surface area contributed by atoms with E-state index >= 15 is 0 Å². The van der Waals surface area contributed by atoms with Crippen LogP contribution in [-0.4, -0.2) is 49.3 Å². The van der Waals surface area contributed by atoms with Gasteiger partial charge in [0, 0.05) is 22.2 Å². The average molecular weight is 387 g/mol. The van der Waals surface area contributed by atoms with Crippen LogP contribution < -0.4 is 0 Å². The minimum atomic E-state index is -0.662. The van der Waals surface area contributed by atoms with E-state index in [-0.39, 0.29) is 18.0 Å². The first kappa shape index (κ1) is 18.6. The third kappa shape index (κ3) is 4.00. The van der Waals surface area contributed by atoms with Crippen LogP contribution in [-0.2, 0) is 16.1 Å². The molecule has 0 aliphatic heterocycles. The third-order valence-corrected chi connectivity index (χ3v) is 4.62. The first-order valence-electron chi connectivity index (χ1n) is 8.06. The summed E-state index contributed by atoms with van der Waals surface area (Å²) in [5, 5.41) is 15.5. The summed E-state index contributed by atoms with van der Waals surface area (Å²) in [4.78, 5) is 39.9. The molecule has 10 heteroatoms. The number of ketones is 2. The summed E-state index contributed by atoms with van der Waals surface area (Å²) < 4.78 is 5.01. The van der Waals surface area contributed by atoms with Crippen LogP contribution in [0.1, 0.15) is 39.0 Å². The fourth-order valence-electron chi connectivity index (χ4n) is 2.75. The average Bonchev–Trinajstić information content (AvgIpc) is 3.32. The predicted octanol–water partition coefficient (Wildman–Crippen LogP) is 1.98. The molecule has 0 amide bonds. The number of rotatable bonds is 7. The lowest BCUT2D eigenvalue weighted by molar-refractivity contribution is -0.143. The van der Waals surface area contributed by atoms with Crippen LogP contribution in [0.15, 0.2) is 16.8 Å². The Morgan fingerprint density at radius 1 is 1.30 bits per heavy atom. The number of esters is 1. The van der Waals surface area contributed by atoms with E-state index in [4.69, 9.17) is 4.74 Å². The van der Waals surface area contributed by atoms with Crippen molar-refractivity contribution >= 4 is 28.9 Å². The van der Waals surface area contributed by atoms with Crippen molar-refractivity contribution < 1.29 is 19.1 Å². The van der Waals surface area contributed by atoms with Gasteiger partial charge in [0.1, 0.15) is 0 Å². The van der Waals surface area contributed by atoms with Crippen LogP contribution in [0, 0.1) is 13.8 Å². The summed E-state index contributed by atoms with van der Waals surface area (Å²) in [6, 6.07) is 1.85. The first-order valence-corrected chi connectivity index (χ1v) is 9.00. The van der Waals surface area contributed by atoms with Gasteiger partial charge >= 0.3 is 5.97 Å². The zero-order valence-electron chi connectivity index (χ0n) is 15.0. The van der Waals surface area contributed by atoms with Crippen LogP contribution in [0.25, 0.3) is 11.4 Å². The molecule has 1 N–H and O–H groups in total. The summed E-state index contributed by atoms with van der Waals surface area (Å²) in [5.74, 6) is -0.794. The van der Waals surface area contributed by atoms with Gasteiger partial charge in [0.15, 0.2) is 18.9 Å². The minimum Gasteiger partial charge on any atom is -0.456 e. The highest BCUT2D eigenvalue weighted by molar-refractivity contribution is 7.08. The molecule has 0 unspecified atom stereocenters. The molecule has 0 atom stereocenters. The van der Waals surface area contributed by atoms with E-state index in [0.29, 0.717) is 22.6 Å². The fourth-order valence-corrected chi connectivity index (χ4v) is 3.39. The molecule has 3 heterocycles. The van der Waals surface area contributed by atoms with Crippen molar-refractivity contribution in [1.82, 2.24) is 25.2 Å². The summed E-state index contributed by atoms with van der Waals surface area (Å²) >= 11 is 1.50. The van der Waals surface area contributed by atoms with E-state index in [1.807, 2.05) is 16.8 Å². The second-order valence-corrected chi connectivity index (χ2v) is 6.70. The Morgan fingerprint density at radius 2 is 2.07 bits per heavy atom. The van der Waals surface area contributed by atoms with Crippen molar-refractivity contribution in [1.29, 1.82) is 0 Å². The molecule has 0 bridgehead atoms. The summed E-state index contributed by atoms with van der Waals surface area (Å²) in [6.45, 7) is 4.14. The highest BCUT2D eigenvalue weighted by Gasteiger charge is 2.21. The van der Waals surface area contributed by atoms with Gasteiger partial charge in [0.2, 0.25) is 11.6 Å². The summed E-state index contributed by atoms with van der Waals surface area (Å²) in [5.41, 5.74) is 2.73. The number of carbonyl (C=O) groups excluding carboxylic acids is 3. The van der Waals surface area contributed by atoms with Crippen molar-refractivity contribution in [3.05, 3.63) is 39.3 Å². The van der Waals surface area contributed by atoms with Crippen molar-refractivity contribution in [3.63, 3.8) is 0 Å². The monoisotopic (exact) mass is 387 g/mol. The topological polar surface area (TPSA) is 120 Å². The lowest BCUT2D eigenvalue weighted by Gasteiger charge is -2.03. The zero-order chi connectivity index (χ0) is 19.6. The Hall–Kier alpha value is -3.14. The van der Waals surface area contributed by atoms with Crippen molar-refractivity contribution in [3.8, 4) is 11.4 Å². The molecule has 0 aliphatic carbocycles. The van der Waals surface area contributed by atoms with Crippen LogP contribution in [0.2, 0.25) is 0 Å². The smallest absolute Gasteiger partial charge is 0.330 e. The van der Waals surface area contributed by atoms with Crippen LogP contribution in [0.5, 0.6) is 0 Å². The number of aryl methyl sites for hydroxylation is 1. The molecule has 0 fully saturated rings. The van der Waals surface area contributed by atoms with Gasteiger partial charge in [0.05, 0.1) is 5.69 Å². The van der Waals surface area contributed by atoms with Gasteiger partial charge < -0.3 is 9.72 Å². The van der Waals surface area contributed by atoms with Gasteiger partial charge in [-0.3, -0.25) is 9.59 Å². The van der Waals surface area contributed by atoms with E-state index in [0.717, 1.165) is 10.4 Å². The molecule has 140 valence electrons. The largest absolute Gasteiger partial charge is 0.456 e. The number of carbonyl (C=O) groups is 3. The van der Waals surface area contributed by atoms with E-state index in [9.17, 15) is 14.4 Å². The van der Waals surface area contributed by atoms with E-state index in [1.165, 1.54) is 18.3 Å². The number of nitrogens with zero attached hydrogens (tertiary/aromatic N) is 4. The molecule has 27 heavy (non-hydrogen) atoms. The standard InChI is InChI=1S/C17H17N5O4S/c1-9-15(11(3)23)10(2)18-16(9)13(24)7-26-14(25)6-22-20-17(19-21-22)12-4-5-27-8-12/h4-5,8,18H,6-7H2,1-3H3. The number of tetrazole rings is 1. The number of H-pyrrole nitrogens is 1. The van der Waals surface area contributed by atoms with Gasteiger partial charge in [-0.2, -0.15) is 16.1 Å². The van der Waals surface area contributed by atoms with Crippen LogP contribution in [0.4, 0.5) is 0 Å². The number of hydrogen-bond acceptors (Lipinski definition) is 8. The predicted molar refractivity (Wildman–Crippen MR) is 96.7 cm³/mol. The number of thiophene rings is 1. The molecule has 0 aliphatic rings. The Labute approximate surface area is 158 Å². The molecular formula is C17H17N5O4S. The van der Waals surface area contributed by atoms with E-state index < -0.39 is 18.4 Å². The first-order chi connectivity index (χ1) is 12.9. The Bertz CT molecular complexity index is 1000. The SMILES string of the molecule is CC(=O)c1c(C)[nH]c(C(=O)COC(=O)Cn2nnc(-c3ccsc3)n2)c1C. The maximum Gasteiger partial charge on any atom is 0.330 e. The van der Waals surface area contributed by atoms with Crippen molar-refractivity contribution in [2.24, 2.45) is 0 Å². The van der Waals surface area contributed by atoms with Gasteiger partial charge in [-0.1, -0.05) is 0 Å². The van der Waals surface area contributed by atoms with Crippen LogP contribution in [0.3, 0.4) is 0 Å². The van der Waals surface area contributed by atoms with Crippen molar-refractivity contribution in [2.45, 2.75) is 27.3 Å². The fraction of sp³-hybridized carbons (Fsp3) is 0.294. The molecule has 3 aromatic heterocycles. The highest BCUT2D eigenvalue weighted by Crippen LogP contribution is 2.19. The molecule has 0 saturated carbocycles. The molecule has 0 spiro atoms. The van der Waals surface area contributed by atoms with Gasteiger partial charge in [-0.25, -0.2) is 4.79 Å². The minimum absolute atomic E-state index is 0.129. The molecule has 0 radical (unpaired) electrons. The van der Waals surface area contributed by atoms with E-state index in [2.05, 4.69) is 20.4 Å². The molecule has 0 saturated heterocycles. The Balaban J connectivity index is 1.59. The number of ether oxygens (including phenoxy) is 1. The van der Waals surface area contributed by atoms with Crippen LogP contribution >= 0.6 is 11.3 Å². The van der Waals surface area contributed by atoms with Crippen molar-refractivity contribution in [2.75, 3.05) is 6.61 Å². The van der Waals surface area contributed by atoms with Gasteiger partial charge in [-0.05, 0) is 43.0 Å². The quantitative estimate of drug-likeness (QED) is 0.486. The summed E-state index contributed by atoms with van der Waals surface area (Å²) in [6.07, 6.45) is 0. The second kappa shape index (κ2) is 7.62. The third-order valence-electron chi connectivity index (χ3n) is 3.94. The van der Waals surface area contributed by atoms with E-state index in [1.54, 1.807) is 13.8 Å². The number of aromatic amines is 1. The number of Topliss-reactive ketones (excluding diaryl/α,β-unsaturated/α-hetero) is 2. The zero-order valence-corrected chi connectivity index (χ0v) is 15.8. The molecule has 0 aromatic carbocycles. The maximum absolute atomic E-state index is 12.3. The second-order valence-electron chi connectivity index (χ2n) is 5.92. The molecule has 3 rings (SSSR count). The number of hydrogen-bond donors (Lipinski definition) is 1. The number of aromatic nitrogens is 5. The normalized spacial score (nSPS) is 10.8. The van der Waals surface area contributed by atoms with Gasteiger partial charge in [-0.15, -0.1) is 10.2 Å². The molecule has 3 aromatic rings. The van der Waals surface area contributed by atoms with Gasteiger partial charge in [0.25, 0.3) is 0 Å². The molecule has 9 nitrogen and oxygen atoms in total. The molecular weight excluding hydrogens is 370 g/mol. The highest BCUT2D eigenvalue weighted by atomic mass is 32.1. The Morgan fingerprint density at radius 3 is 2.70 bits per heavy atom. The number of nitrogens with one attached hydrogen (secondary N) is 1.